The number of carbonyl (C=O) groups excluding carboxylic acids is 1. The summed E-state index contributed by atoms with van der Waals surface area (Å²) in [7, 11) is 0. The normalized spacial score (nSPS) is 11.7. The maximum Gasteiger partial charge on any atom is 0.323 e. The van der Waals surface area contributed by atoms with Crippen molar-refractivity contribution in [2.24, 2.45) is 5.73 Å². The van der Waals surface area contributed by atoms with Gasteiger partial charge in [0.15, 0.2) is 0 Å². The molecule has 0 unspecified atom stereocenters. The molecule has 126 valence electrons. The Kier molecular flexibility index (Phi) is 7.21. The monoisotopic (exact) mass is 322 g/mol. The Balaban J connectivity index is 2.73. The Morgan fingerprint density at radius 1 is 1.17 bits per heavy atom. The smallest absolute Gasteiger partial charge is 0.323 e. The Hall–Kier alpha value is -2.41. The molecule has 0 fully saturated rings. The zero-order valence-corrected chi connectivity index (χ0v) is 13.1. The molecule has 1 rings (SSSR count). The number of hydrogen-bond acceptors (Lipinski definition) is 4. The Bertz CT molecular complexity index is 556. The molecule has 7 heteroatoms. The van der Waals surface area contributed by atoms with Gasteiger partial charge in [0.25, 0.3) is 5.91 Å². The number of hydrogen-bond donors (Lipinski definition) is 3. The zero-order valence-electron chi connectivity index (χ0n) is 13.1. The van der Waals surface area contributed by atoms with Crippen LogP contribution in [0.4, 0.5) is 0 Å². The minimum Gasteiger partial charge on any atom is -0.480 e. The van der Waals surface area contributed by atoms with Crippen molar-refractivity contribution in [2.45, 2.75) is 32.2 Å². The van der Waals surface area contributed by atoms with Crippen LogP contribution >= 0.6 is 0 Å². The fourth-order valence-electron chi connectivity index (χ4n) is 2.11. The molecule has 0 saturated heterocycles. The topological polar surface area (TPSA) is 121 Å². The van der Waals surface area contributed by atoms with Gasteiger partial charge < -0.3 is 20.8 Å². The van der Waals surface area contributed by atoms with Crippen LogP contribution in [0.25, 0.3) is 0 Å². The lowest BCUT2D eigenvalue weighted by atomic mass is 10.1. The van der Waals surface area contributed by atoms with Gasteiger partial charge in [0, 0.05) is 12.1 Å². The van der Waals surface area contributed by atoms with Gasteiger partial charge >= 0.3 is 11.9 Å². The predicted octanol–water partition coefficient (Wildman–Crippen LogP) is 0.968. The fourth-order valence-corrected chi connectivity index (χ4v) is 2.11. The number of aliphatic carboxylic acids is 2. The zero-order chi connectivity index (χ0) is 17.4. The van der Waals surface area contributed by atoms with Gasteiger partial charge in [-0.05, 0) is 37.0 Å². The van der Waals surface area contributed by atoms with E-state index in [1.54, 1.807) is 12.1 Å². The lowest BCUT2D eigenvalue weighted by molar-refractivity contribution is -0.139. The van der Waals surface area contributed by atoms with E-state index in [2.05, 4.69) is 0 Å². The molecule has 7 nitrogen and oxygen atoms in total. The summed E-state index contributed by atoms with van der Waals surface area (Å²) in [5.74, 6) is -2.62. The van der Waals surface area contributed by atoms with Gasteiger partial charge in [0.2, 0.25) is 0 Å². The van der Waals surface area contributed by atoms with Crippen LogP contribution in [0, 0.1) is 0 Å². The molecule has 0 spiro atoms. The molecule has 0 aromatic heterocycles. The summed E-state index contributed by atoms with van der Waals surface area (Å²) in [5.41, 5.74) is 6.89. The van der Waals surface area contributed by atoms with E-state index in [1.165, 1.54) is 4.90 Å². The first-order valence-electron chi connectivity index (χ1n) is 7.43. The number of benzene rings is 1. The number of carboxylic acids is 2. The molecular weight excluding hydrogens is 300 g/mol. The SMILES string of the molecule is CCc1ccc(C(=O)N(CCC[C@H](N)C(=O)O)CC(=O)O)cc1. The average Bonchev–Trinajstić information content (AvgIpc) is 2.52. The van der Waals surface area contributed by atoms with E-state index in [0.29, 0.717) is 12.0 Å². The minimum absolute atomic E-state index is 0.141. The van der Waals surface area contributed by atoms with Gasteiger partial charge in [0.1, 0.15) is 12.6 Å². The second kappa shape index (κ2) is 8.89. The predicted molar refractivity (Wildman–Crippen MR) is 84.2 cm³/mol. The third-order valence-electron chi connectivity index (χ3n) is 3.48. The second-order valence-corrected chi connectivity index (χ2v) is 5.26. The summed E-state index contributed by atoms with van der Waals surface area (Å²) in [5, 5.41) is 17.7. The van der Waals surface area contributed by atoms with Crippen LogP contribution in [0.3, 0.4) is 0 Å². The maximum atomic E-state index is 12.4. The molecule has 1 amide bonds. The molecule has 0 aliphatic rings. The summed E-state index contributed by atoms with van der Waals surface area (Å²) >= 11 is 0. The van der Waals surface area contributed by atoms with Gasteiger partial charge in [-0.3, -0.25) is 14.4 Å². The minimum atomic E-state index is -1.12. The van der Waals surface area contributed by atoms with Crippen molar-refractivity contribution in [3.05, 3.63) is 35.4 Å². The van der Waals surface area contributed by atoms with Gasteiger partial charge in [0.05, 0.1) is 0 Å². The van der Waals surface area contributed by atoms with E-state index >= 15 is 0 Å². The maximum absolute atomic E-state index is 12.4. The van der Waals surface area contributed by atoms with Gasteiger partial charge in [-0.25, -0.2) is 0 Å². The van der Waals surface area contributed by atoms with Crippen LogP contribution < -0.4 is 5.73 Å². The molecule has 0 saturated carbocycles. The molecule has 1 atom stereocenters. The van der Waals surface area contributed by atoms with Crippen molar-refractivity contribution in [1.82, 2.24) is 4.90 Å². The van der Waals surface area contributed by atoms with Crippen molar-refractivity contribution in [1.29, 1.82) is 0 Å². The average molecular weight is 322 g/mol. The second-order valence-electron chi connectivity index (χ2n) is 5.26. The van der Waals surface area contributed by atoms with E-state index in [-0.39, 0.29) is 18.9 Å². The number of nitrogens with zero attached hydrogens (tertiary/aromatic N) is 1. The Morgan fingerprint density at radius 2 is 1.78 bits per heavy atom. The summed E-state index contributed by atoms with van der Waals surface area (Å²) in [6.07, 6.45) is 1.34. The lowest BCUT2D eigenvalue weighted by Gasteiger charge is -2.21. The van der Waals surface area contributed by atoms with Crippen LogP contribution in [0.2, 0.25) is 0 Å². The molecule has 0 aliphatic heterocycles. The molecular formula is C16H22N2O5. The highest BCUT2D eigenvalue weighted by Gasteiger charge is 2.19. The number of amides is 1. The fraction of sp³-hybridized carbons (Fsp3) is 0.438. The molecule has 0 radical (unpaired) electrons. The van der Waals surface area contributed by atoms with Crippen LogP contribution in [-0.4, -0.2) is 52.1 Å². The third-order valence-corrected chi connectivity index (χ3v) is 3.48. The molecule has 1 aromatic carbocycles. The Morgan fingerprint density at radius 3 is 2.26 bits per heavy atom. The number of aryl methyl sites for hydroxylation is 1. The molecule has 4 N–H and O–H groups in total. The van der Waals surface area contributed by atoms with Gasteiger partial charge in [-0.15, -0.1) is 0 Å². The lowest BCUT2D eigenvalue weighted by Crippen LogP contribution is -2.38. The van der Waals surface area contributed by atoms with Crippen LogP contribution in [0.15, 0.2) is 24.3 Å². The number of rotatable bonds is 9. The first kappa shape index (κ1) is 18.6. The van der Waals surface area contributed by atoms with E-state index in [9.17, 15) is 14.4 Å². The molecule has 23 heavy (non-hydrogen) atoms. The Labute approximate surface area is 134 Å². The highest BCUT2D eigenvalue weighted by atomic mass is 16.4. The highest BCUT2D eigenvalue weighted by Crippen LogP contribution is 2.10. The van der Waals surface area contributed by atoms with Crippen LogP contribution in [0.1, 0.15) is 35.7 Å². The summed E-state index contributed by atoms with van der Waals surface area (Å²) in [6, 6.07) is 5.97. The largest absolute Gasteiger partial charge is 0.480 e. The van der Waals surface area contributed by atoms with Crippen molar-refractivity contribution in [3.8, 4) is 0 Å². The summed E-state index contributed by atoms with van der Waals surface area (Å²) in [4.78, 5) is 35.2. The van der Waals surface area contributed by atoms with Crippen molar-refractivity contribution >= 4 is 17.8 Å². The summed E-state index contributed by atoms with van der Waals surface area (Å²) in [6.45, 7) is 1.71. The molecule has 0 heterocycles. The van der Waals surface area contributed by atoms with Crippen molar-refractivity contribution < 1.29 is 24.6 Å². The quantitative estimate of drug-likeness (QED) is 0.623. The summed E-state index contributed by atoms with van der Waals surface area (Å²) < 4.78 is 0. The highest BCUT2D eigenvalue weighted by molar-refractivity contribution is 5.95. The van der Waals surface area contributed by atoms with Gasteiger partial charge in [-0.1, -0.05) is 19.1 Å². The van der Waals surface area contributed by atoms with Crippen LogP contribution in [0.5, 0.6) is 0 Å². The number of carbonyl (C=O) groups is 3. The third kappa shape index (κ3) is 6.07. The first-order valence-corrected chi connectivity index (χ1v) is 7.43. The van der Waals surface area contributed by atoms with E-state index in [4.69, 9.17) is 15.9 Å². The van der Waals surface area contributed by atoms with Crippen molar-refractivity contribution in [3.63, 3.8) is 0 Å². The van der Waals surface area contributed by atoms with E-state index < -0.39 is 24.5 Å². The number of nitrogens with two attached hydrogens (primary N) is 1. The van der Waals surface area contributed by atoms with Crippen LogP contribution in [-0.2, 0) is 16.0 Å². The molecule has 0 aliphatic carbocycles. The van der Waals surface area contributed by atoms with E-state index in [0.717, 1.165) is 12.0 Å². The molecule has 1 aromatic rings. The van der Waals surface area contributed by atoms with Gasteiger partial charge in [-0.2, -0.15) is 0 Å². The number of carboxylic acid groups (broad SMARTS) is 2. The first-order chi connectivity index (χ1) is 10.8. The standard InChI is InChI=1S/C16H22N2O5/c1-2-11-5-7-12(8-6-11)15(21)18(10-14(19)20)9-3-4-13(17)16(22)23/h5-8,13H,2-4,9-10,17H2,1H3,(H,19,20)(H,22,23)/t13-/m0/s1. The van der Waals surface area contributed by atoms with E-state index in [1.807, 2.05) is 19.1 Å². The van der Waals surface area contributed by atoms with Crippen molar-refractivity contribution in [2.75, 3.05) is 13.1 Å². The molecule has 0 bridgehead atoms.